The van der Waals surface area contributed by atoms with Crippen LogP contribution in [0.1, 0.15) is 12.8 Å². The molecule has 1 fully saturated rings. The lowest BCUT2D eigenvalue weighted by Crippen LogP contribution is -2.49. The Labute approximate surface area is 86.3 Å². The van der Waals surface area contributed by atoms with E-state index < -0.39 is 0 Å². The van der Waals surface area contributed by atoms with Gasteiger partial charge in [-0.15, -0.1) is 0 Å². The Morgan fingerprint density at radius 1 is 1.50 bits per heavy atom. The van der Waals surface area contributed by atoms with Crippen LogP contribution in [0.3, 0.4) is 0 Å². The first-order valence-corrected chi connectivity index (χ1v) is 5.39. The van der Waals surface area contributed by atoms with Crippen molar-refractivity contribution in [3.63, 3.8) is 0 Å². The summed E-state index contributed by atoms with van der Waals surface area (Å²) < 4.78 is 10.4. The van der Waals surface area contributed by atoms with Gasteiger partial charge < -0.3 is 15.2 Å². The van der Waals surface area contributed by atoms with Gasteiger partial charge in [-0.1, -0.05) is 0 Å². The molecule has 1 aliphatic rings. The number of hydrogen-bond acceptors (Lipinski definition) is 4. The summed E-state index contributed by atoms with van der Waals surface area (Å²) in [4.78, 5) is 2.43. The van der Waals surface area contributed by atoms with Crippen molar-refractivity contribution in [1.29, 1.82) is 0 Å². The molecule has 0 aromatic carbocycles. The summed E-state index contributed by atoms with van der Waals surface area (Å²) in [5, 5.41) is 0. The van der Waals surface area contributed by atoms with Gasteiger partial charge in [0, 0.05) is 32.8 Å². The van der Waals surface area contributed by atoms with Crippen LogP contribution in [-0.2, 0) is 9.47 Å². The second-order valence-electron chi connectivity index (χ2n) is 3.70. The van der Waals surface area contributed by atoms with Crippen LogP contribution in [0, 0.1) is 0 Å². The number of nitrogens with zero attached hydrogens (tertiary/aromatic N) is 1. The SMILES string of the molecule is COCCCCN1CCOCC1CN. The summed E-state index contributed by atoms with van der Waals surface area (Å²) in [5.74, 6) is 0. The molecule has 1 saturated heterocycles. The molecule has 4 heteroatoms. The molecule has 2 N–H and O–H groups in total. The van der Waals surface area contributed by atoms with Gasteiger partial charge in [-0.25, -0.2) is 0 Å². The van der Waals surface area contributed by atoms with Gasteiger partial charge in [-0.3, -0.25) is 4.90 Å². The van der Waals surface area contributed by atoms with Crippen molar-refractivity contribution in [2.24, 2.45) is 5.73 Å². The van der Waals surface area contributed by atoms with Crippen LogP contribution in [0.25, 0.3) is 0 Å². The fraction of sp³-hybridized carbons (Fsp3) is 1.00. The molecule has 1 unspecified atom stereocenters. The molecule has 4 nitrogen and oxygen atoms in total. The van der Waals surface area contributed by atoms with Crippen molar-refractivity contribution < 1.29 is 9.47 Å². The largest absolute Gasteiger partial charge is 0.385 e. The first-order valence-electron chi connectivity index (χ1n) is 5.39. The minimum atomic E-state index is 0.422. The number of ether oxygens (including phenoxy) is 2. The number of methoxy groups -OCH3 is 1. The Balaban J connectivity index is 2.13. The Morgan fingerprint density at radius 2 is 2.36 bits per heavy atom. The quantitative estimate of drug-likeness (QED) is 0.619. The Hall–Kier alpha value is -0.160. The summed E-state index contributed by atoms with van der Waals surface area (Å²) in [6.07, 6.45) is 2.31. The van der Waals surface area contributed by atoms with Crippen LogP contribution < -0.4 is 5.73 Å². The topological polar surface area (TPSA) is 47.7 Å². The Kier molecular flexibility index (Phi) is 6.10. The van der Waals surface area contributed by atoms with Gasteiger partial charge in [0.2, 0.25) is 0 Å². The maximum Gasteiger partial charge on any atom is 0.0634 e. The Morgan fingerprint density at radius 3 is 3.07 bits per heavy atom. The fourth-order valence-corrected chi connectivity index (χ4v) is 1.76. The van der Waals surface area contributed by atoms with Crippen LogP contribution in [0.2, 0.25) is 0 Å². The molecule has 0 aromatic heterocycles. The number of nitrogens with two attached hydrogens (primary N) is 1. The van der Waals surface area contributed by atoms with Crippen LogP contribution in [0.5, 0.6) is 0 Å². The highest BCUT2D eigenvalue weighted by atomic mass is 16.5. The Bertz CT molecular complexity index is 144. The average Bonchev–Trinajstić information content (AvgIpc) is 2.25. The highest BCUT2D eigenvalue weighted by Crippen LogP contribution is 2.07. The molecule has 0 amide bonds. The van der Waals surface area contributed by atoms with Gasteiger partial charge >= 0.3 is 0 Å². The predicted molar refractivity (Wildman–Crippen MR) is 56.3 cm³/mol. The predicted octanol–water partition coefficient (Wildman–Crippen LogP) is 0.0725. The summed E-state index contributed by atoms with van der Waals surface area (Å²) >= 11 is 0. The lowest BCUT2D eigenvalue weighted by molar-refractivity contribution is -0.00503. The maximum atomic E-state index is 5.68. The van der Waals surface area contributed by atoms with Gasteiger partial charge in [-0.05, 0) is 19.4 Å². The van der Waals surface area contributed by atoms with Crippen molar-refractivity contribution in [1.82, 2.24) is 4.90 Å². The molecule has 0 radical (unpaired) electrons. The molecular formula is C10H22N2O2. The van der Waals surface area contributed by atoms with Gasteiger partial charge in [0.1, 0.15) is 0 Å². The van der Waals surface area contributed by atoms with E-state index in [9.17, 15) is 0 Å². The van der Waals surface area contributed by atoms with E-state index in [1.807, 2.05) is 0 Å². The standard InChI is InChI=1S/C10H22N2O2/c1-13-6-3-2-4-12-5-7-14-9-10(12)8-11/h10H,2-9,11H2,1H3. The first kappa shape index (κ1) is 11.9. The zero-order valence-corrected chi connectivity index (χ0v) is 9.08. The summed E-state index contributed by atoms with van der Waals surface area (Å²) in [5.41, 5.74) is 5.68. The monoisotopic (exact) mass is 202 g/mol. The van der Waals surface area contributed by atoms with Crippen molar-refractivity contribution >= 4 is 0 Å². The summed E-state index contributed by atoms with van der Waals surface area (Å²) in [7, 11) is 1.75. The normalized spacial score (nSPS) is 24.0. The molecule has 0 spiro atoms. The lowest BCUT2D eigenvalue weighted by atomic mass is 10.2. The number of rotatable bonds is 6. The molecule has 0 aliphatic carbocycles. The van der Waals surface area contributed by atoms with Crippen LogP contribution in [0.4, 0.5) is 0 Å². The van der Waals surface area contributed by atoms with E-state index in [0.29, 0.717) is 12.6 Å². The second kappa shape index (κ2) is 7.17. The highest BCUT2D eigenvalue weighted by Gasteiger charge is 2.20. The number of hydrogen-bond donors (Lipinski definition) is 1. The molecule has 1 aliphatic heterocycles. The van der Waals surface area contributed by atoms with E-state index in [4.69, 9.17) is 15.2 Å². The molecular weight excluding hydrogens is 180 g/mol. The molecule has 0 bridgehead atoms. The molecule has 1 heterocycles. The van der Waals surface area contributed by atoms with E-state index in [-0.39, 0.29) is 0 Å². The van der Waals surface area contributed by atoms with Gasteiger partial charge in [0.15, 0.2) is 0 Å². The van der Waals surface area contributed by atoms with Gasteiger partial charge in [0.05, 0.1) is 13.2 Å². The van der Waals surface area contributed by atoms with E-state index in [0.717, 1.165) is 39.3 Å². The van der Waals surface area contributed by atoms with E-state index in [1.165, 1.54) is 6.42 Å². The third-order valence-electron chi connectivity index (χ3n) is 2.67. The van der Waals surface area contributed by atoms with E-state index in [1.54, 1.807) is 7.11 Å². The fourth-order valence-electron chi connectivity index (χ4n) is 1.76. The minimum absolute atomic E-state index is 0.422. The maximum absolute atomic E-state index is 5.68. The molecule has 84 valence electrons. The highest BCUT2D eigenvalue weighted by molar-refractivity contribution is 4.75. The minimum Gasteiger partial charge on any atom is -0.385 e. The zero-order valence-electron chi connectivity index (χ0n) is 9.08. The number of morpholine rings is 1. The van der Waals surface area contributed by atoms with Gasteiger partial charge in [0.25, 0.3) is 0 Å². The summed E-state index contributed by atoms with van der Waals surface area (Å²) in [6.45, 7) is 5.34. The molecule has 1 atom stereocenters. The second-order valence-corrected chi connectivity index (χ2v) is 3.70. The first-order chi connectivity index (χ1) is 6.88. The van der Waals surface area contributed by atoms with Crippen LogP contribution >= 0.6 is 0 Å². The molecule has 0 aromatic rings. The molecule has 0 saturated carbocycles. The van der Waals surface area contributed by atoms with Crippen LogP contribution in [-0.4, -0.2) is 57.5 Å². The number of unbranched alkanes of at least 4 members (excludes halogenated alkanes) is 1. The third kappa shape index (κ3) is 3.92. The lowest BCUT2D eigenvalue weighted by Gasteiger charge is -2.34. The average molecular weight is 202 g/mol. The van der Waals surface area contributed by atoms with E-state index >= 15 is 0 Å². The molecule has 1 rings (SSSR count). The smallest absolute Gasteiger partial charge is 0.0634 e. The third-order valence-corrected chi connectivity index (χ3v) is 2.67. The van der Waals surface area contributed by atoms with Crippen molar-refractivity contribution in [3.05, 3.63) is 0 Å². The zero-order chi connectivity index (χ0) is 10.2. The van der Waals surface area contributed by atoms with Crippen molar-refractivity contribution in [2.45, 2.75) is 18.9 Å². The van der Waals surface area contributed by atoms with Crippen molar-refractivity contribution in [3.8, 4) is 0 Å². The summed E-state index contributed by atoms with van der Waals surface area (Å²) in [6, 6.07) is 0.422. The van der Waals surface area contributed by atoms with Crippen molar-refractivity contribution in [2.75, 3.05) is 46.6 Å². The van der Waals surface area contributed by atoms with Crippen LogP contribution in [0.15, 0.2) is 0 Å². The van der Waals surface area contributed by atoms with E-state index in [2.05, 4.69) is 4.90 Å². The van der Waals surface area contributed by atoms with Gasteiger partial charge in [-0.2, -0.15) is 0 Å². The molecule has 14 heavy (non-hydrogen) atoms.